The molecule has 2 nitrogen and oxygen atoms in total. The van der Waals surface area contributed by atoms with Crippen LogP contribution in [-0.4, -0.2) is 15.5 Å². The number of hydrogen-bond acceptors (Lipinski definition) is 3. The molecule has 1 unspecified atom stereocenters. The minimum Gasteiger partial charge on any atom is -0.508 e. The summed E-state index contributed by atoms with van der Waals surface area (Å²) in [6, 6.07) is 8.39. The summed E-state index contributed by atoms with van der Waals surface area (Å²) in [5.74, 6) is 0.735. The highest BCUT2D eigenvalue weighted by Crippen LogP contribution is 2.47. The van der Waals surface area contributed by atoms with Crippen LogP contribution < -0.4 is 0 Å². The third-order valence-electron chi connectivity index (χ3n) is 9.03. The number of aromatic hydroxyl groups is 2. The molecule has 1 atom stereocenters. The Morgan fingerprint density at radius 3 is 1.32 bits per heavy atom. The molecule has 0 aliphatic heterocycles. The lowest BCUT2D eigenvalue weighted by molar-refractivity contribution is 0.436. The van der Waals surface area contributed by atoms with Gasteiger partial charge in [-0.2, -0.15) is 12.6 Å². The van der Waals surface area contributed by atoms with E-state index in [1.807, 2.05) is 12.1 Å². The van der Waals surface area contributed by atoms with Crippen LogP contribution in [0.15, 0.2) is 24.3 Å². The molecular formula is C38H62O2S. The minimum atomic E-state index is -0.319. The topological polar surface area (TPSA) is 40.5 Å². The van der Waals surface area contributed by atoms with Crippen molar-refractivity contribution in [3.63, 3.8) is 0 Å². The van der Waals surface area contributed by atoms with Gasteiger partial charge in [-0.05, 0) is 83.0 Å². The van der Waals surface area contributed by atoms with Crippen molar-refractivity contribution in [1.82, 2.24) is 0 Å². The van der Waals surface area contributed by atoms with Gasteiger partial charge in [-0.1, -0.05) is 132 Å². The van der Waals surface area contributed by atoms with Gasteiger partial charge in [-0.3, -0.25) is 0 Å². The van der Waals surface area contributed by atoms with Crippen molar-refractivity contribution >= 4 is 12.6 Å². The van der Waals surface area contributed by atoms with Crippen LogP contribution in [0.2, 0.25) is 0 Å². The van der Waals surface area contributed by atoms with E-state index < -0.39 is 0 Å². The molecule has 0 amide bonds. The van der Waals surface area contributed by atoms with Crippen molar-refractivity contribution in [2.45, 2.75) is 168 Å². The number of unbranched alkanes of at least 4 members (excludes halogenated alkanes) is 9. The van der Waals surface area contributed by atoms with Crippen molar-refractivity contribution < 1.29 is 10.2 Å². The molecule has 2 rings (SSSR count). The lowest BCUT2D eigenvalue weighted by Gasteiger charge is -2.38. The fourth-order valence-electron chi connectivity index (χ4n) is 6.58. The normalized spacial score (nSPS) is 13.5. The maximum absolute atomic E-state index is 10.9. The van der Waals surface area contributed by atoms with Crippen LogP contribution in [0.1, 0.15) is 166 Å². The number of hydrogen-bond donors (Lipinski definition) is 3. The highest BCUT2D eigenvalue weighted by Gasteiger charge is 2.36. The number of phenols is 2. The lowest BCUT2D eigenvalue weighted by Crippen LogP contribution is -2.31. The van der Waals surface area contributed by atoms with Crippen LogP contribution in [0.5, 0.6) is 11.5 Å². The zero-order valence-electron chi connectivity index (χ0n) is 28.2. The molecule has 0 fully saturated rings. The second-order valence-corrected chi connectivity index (χ2v) is 15.8. The molecule has 0 aromatic heterocycles. The van der Waals surface area contributed by atoms with Gasteiger partial charge in [0, 0.05) is 10.7 Å². The van der Waals surface area contributed by atoms with Gasteiger partial charge >= 0.3 is 0 Å². The second-order valence-electron chi connectivity index (χ2n) is 15.0. The second kappa shape index (κ2) is 15.2. The van der Waals surface area contributed by atoms with Gasteiger partial charge in [-0.15, -0.1) is 0 Å². The molecule has 0 heterocycles. The van der Waals surface area contributed by atoms with E-state index in [1.165, 1.54) is 75.3 Å². The Kier molecular flexibility index (Phi) is 13.2. The maximum Gasteiger partial charge on any atom is 0.119 e. The van der Waals surface area contributed by atoms with Gasteiger partial charge in [0.15, 0.2) is 0 Å². The summed E-state index contributed by atoms with van der Waals surface area (Å²) >= 11 is 5.19. The van der Waals surface area contributed by atoms with Crippen molar-refractivity contribution in [3.05, 3.63) is 57.6 Å². The molecule has 0 spiro atoms. The summed E-state index contributed by atoms with van der Waals surface area (Å²) in [5.41, 5.74) is 5.97. The summed E-state index contributed by atoms with van der Waals surface area (Å²) in [6.07, 6.45) is 15.4. The van der Waals surface area contributed by atoms with Crippen LogP contribution in [0.25, 0.3) is 0 Å². The fraction of sp³-hybridized carbons (Fsp3) is 0.684. The molecule has 0 aliphatic rings. The van der Waals surface area contributed by atoms with E-state index in [1.54, 1.807) is 0 Å². The molecule has 2 N–H and O–H groups in total. The van der Waals surface area contributed by atoms with Crippen molar-refractivity contribution in [2.24, 2.45) is 0 Å². The number of phenolic OH excluding ortho intramolecular Hbond substituents is 2. The monoisotopic (exact) mass is 582 g/mol. The number of benzene rings is 2. The largest absolute Gasteiger partial charge is 0.508 e. The van der Waals surface area contributed by atoms with Crippen LogP contribution >= 0.6 is 12.6 Å². The average Bonchev–Trinajstić information content (AvgIpc) is 2.83. The van der Waals surface area contributed by atoms with E-state index in [2.05, 4.69) is 81.4 Å². The lowest BCUT2D eigenvalue weighted by atomic mass is 9.67. The van der Waals surface area contributed by atoms with Crippen molar-refractivity contribution in [2.75, 3.05) is 0 Å². The van der Waals surface area contributed by atoms with Gasteiger partial charge in [0.05, 0.1) is 0 Å². The van der Waals surface area contributed by atoms with E-state index in [0.717, 1.165) is 35.1 Å². The molecule has 0 saturated carbocycles. The van der Waals surface area contributed by atoms with E-state index in [4.69, 9.17) is 12.6 Å². The van der Waals surface area contributed by atoms with Crippen LogP contribution in [-0.2, 0) is 16.2 Å². The molecule has 2 aromatic carbocycles. The van der Waals surface area contributed by atoms with Gasteiger partial charge in [0.2, 0.25) is 0 Å². The first-order valence-electron chi connectivity index (χ1n) is 16.4. The SMILES string of the molecule is CCCCCCCCCCCCC(S)CC(C)(c1cc(C(C)(C)C)c(O)cc1C)c1cc(C(C)(C)C)c(O)cc1C. The first-order chi connectivity index (χ1) is 19.0. The maximum atomic E-state index is 10.9. The predicted molar refractivity (Wildman–Crippen MR) is 183 cm³/mol. The van der Waals surface area contributed by atoms with Gasteiger partial charge < -0.3 is 10.2 Å². The van der Waals surface area contributed by atoms with E-state index in [9.17, 15) is 10.2 Å². The Balaban J connectivity index is 2.35. The highest BCUT2D eigenvalue weighted by atomic mass is 32.1. The third kappa shape index (κ3) is 9.97. The Labute approximate surface area is 259 Å². The van der Waals surface area contributed by atoms with Crippen molar-refractivity contribution in [3.8, 4) is 11.5 Å². The Hall–Kier alpha value is -1.61. The van der Waals surface area contributed by atoms with Crippen LogP contribution in [0.4, 0.5) is 0 Å². The molecule has 41 heavy (non-hydrogen) atoms. The predicted octanol–water partition coefficient (Wildman–Crippen LogP) is 11.6. The average molecular weight is 583 g/mol. The summed E-state index contributed by atoms with van der Waals surface area (Å²) in [6.45, 7) is 21.8. The smallest absolute Gasteiger partial charge is 0.119 e. The number of thiol groups is 1. The Morgan fingerprint density at radius 1 is 0.585 bits per heavy atom. The summed E-state index contributed by atoms with van der Waals surface area (Å²) in [4.78, 5) is 0. The van der Waals surface area contributed by atoms with E-state index in [-0.39, 0.29) is 21.5 Å². The molecule has 2 aromatic rings. The van der Waals surface area contributed by atoms with E-state index in [0.29, 0.717) is 11.5 Å². The summed E-state index contributed by atoms with van der Waals surface area (Å²) < 4.78 is 0. The first-order valence-corrected chi connectivity index (χ1v) is 16.9. The molecule has 3 heteroatoms. The van der Waals surface area contributed by atoms with Gasteiger partial charge in [0.1, 0.15) is 11.5 Å². The molecule has 0 bridgehead atoms. The number of rotatable bonds is 15. The number of aryl methyl sites for hydroxylation is 2. The standard InChI is InChI=1S/C38H62O2S/c1-11-12-13-14-15-16-17-18-19-20-21-29(41)26-38(10,30-24-32(36(4,5)6)34(39)22-27(30)2)31-25-33(37(7,8)9)35(40)23-28(31)3/h22-25,29,39-41H,11-21,26H2,1-10H3. The quantitative estimate of drug-likeness (QED) is 0.144. The first kappa shape index (κ1) is 35.6. The molecule has 0 saturated heterocycles. The van der Waals surface area contributed by atoms with Gasteiger partial charge in [0.25, 0.3) is 0 Å². The summed E-state index contributed by atoms with van der Waals surface area (Å²) in [5, 5.41) is 22.1. The minimum absolute atomic E-state index is 0.176. The molecule has 0 aliphatic carbocycles. The van der Waals surface area contributed by atoms with Gasteiger partial charge in [-0.25, -0.2) is 0 Å². The zero-order chi connectivity index (χ0) is 31.0. The van der Waals surface area contributed by atoms with Crippen LogP contribution in [0.3, 0.4) is 0 Å². The third-order valence-corrected chi connectivity index (χ3v) is 9.47. The summed E-state index contributed by atoms with van der Waals surface area (Å²) in [7, 11) is 0. The Morgan fingerprint density at radius 2 is 0.951 bits per heavy atom. The molecule has 0 radical (unpaired) electrons. The molecule has 232 valence electrons. The zero-order valence-corrected chi connectivity index (χ0v) is 29.1. The Bertz CT molecular complexity index is 1030. The van der Waals surface area contributed by atoms with Crippen molar-refractivity contribution in [1.29, 1.82) is 0 Å². The van der Waals surface area contributed by atoms with Crippen LogP contribution in [0, 0.1) is 13.8 Å². The van der Waals surface area contributed by atoms with E-state index >= 15 is 0 Å². The highest BCUT2D eigenvalue weighted by molar-refractivity contribution is 7.80. The fourth-order valence-corrected chi connectivity index (χ4v) is 7.13. The molecular weight excluding hydrogens is 520 g/mol.